The van der Waals surface area contributed by atoms with E-state index in [1.807, 2.05) is 0 Å². The number of non-ortho nitro benzene ring substituents is 1. The van der Waals surface area contributed by atoms with E-state index in [4.69, 9.17) is 10.3 Å². The van der Waals surface area contributed by atoms with Crippen molar-refractivity contribution in [3.05, 3.63) is 40.2 Å². The third kappa shape index (κ3) is 2.35. The van der Waals surface area contributed by atoms with Crippen LogP contribution < -0.4 is 5.73 Å². The summed E-state index contributed by atoms with van der Waals surface area (Å²) in [6.45, 7) is 3.49. The summed E-state index contributed by atoms with van der Waals surface area (Å²) in [6, 6.07) is 5.99. The number of nitrogens with zero attached hydrogens (tertiary/aromatic N) is 3. The van der Waals surface area contributed by atoms with Gasteiger partial charge in [-0.1, -0.05) is 11.2 Å². The highest BCUT2D eigenvalue weighted by Crippen LogP contribution is 2.24. The fourth-order valence-electron chi connectivity index (χ4n) is 1.35. The maximum atomic E-state index is 10.7. The van der Waals surface area contributed by atoms with Crippen molar-refractivity contribution in [3.8, 4) is 11.5 Å². The Hall–Kier alpha value is -2.28. The second-order valence-electron chi connectivity index (χ2n) is 4.45. The van der Waals surface area contributed by atoms with Crippen molar-refractivity contribution < 1.29 is 9.45 Å². The van der Waals surface area contributed by atoms with Crippen LogP contribution in [0, 0.1) is 10.1 Å². The fourth-order valence-corrected chi connectivity index (χ4v) is 1.35. The van der Waals surface area contributed by atoms with Gasteiger partial charge in [-0.15, -0.1) is 0 Å². The van der Waals surface area contributed by atoms with Crippen molar-refractivity contribution in [1.82, 2.24) is 10.1 Å². The lowest BCUT2D eigenvalue weighted by molar-refractivity contribution is -0.384. The number of aromatic nitrogens is 2. The first-order valence-electron chi connectivity index (χ1n) is 5.26. The molecule has 0 saturated carbocycles. The normalized spacial score (nSPS) is 11.5. The van der Waals surface area contributed by atoms with Crippen molar-refractivity contribution >= 4 is 5.69 Å². The van der Waals surface area contributed by atoms with E-state index in [1.165, 1.54) is 12.1 Å². The zero-order valence-corrected chi connectivity index (χ0v) is 9.95. The van der Waals surface area contributed by atoms with Crippen LogP contribution in [0.1, 0.15) is 19.7 Å². The third-order valence-corrected chi connectivity index (χ3v) is 2.31. The van der Waals surface area contributed by atoms with Gasteiger partial charge in [0, 0.05) is 17.7 Å². The highest BCUT2D eigenvalue weighted by Gasteiger charge is 2.22. The highest BCUT2D eigenvalue weighted by atomic mass is 16.6. The zero-order chi connectivity index (χ0) is 13.3. The van der Waals surface area contributed by atoms with Gasteiger partial charge in [0.2, 0.25) is 0 Å². The minimum atomic E-state index is -0.720. The van der Waals surface area contributed by atoms with E-state index in [1.54, 1.807) is 26.0 Å². The first-order chi connectivity index (χ1) is 8.38. The van der Waals surface area contributed by atoms with Crippen molar-refractivity contribution in [2.24, 2.45) is 5.73 Å². The molecule has 0 bridgehead atoms. The van der Waals surface area contributed by atoms with Gasteiger partial charge in [0.05, 0.1) is 10.5 Å². The molecule has 0 aliphatic rings. The molecule has 2 N–H and O–H groups in total. The SMILES string of the molecule is CC(C)(N)c1noc(-c2cccc([N+](=O)[O-])c2)n1. The van der Waals surface area contributed by atoms with Gasteiger partial charge < -0.3 is 10.3 Å². The van der Waals surface area contributed by atoms with Gasteiger partial charge in [0.15, 0.2) is 5.82 Å². The molecule has 7 nitrogen and oxygen atoms in total. The van der Waals surface area contributed by atoms with Crippen molar-refractivity contribution in [2.75, 3.05) is 0 Å². The first kappa shape index (κ1) is 12.2. The van der Waals surface area contributed by atoms with Crippen LogP contribution in [0.4, 0.5) is 5.69 Å². The molecule has 0 amide bonds. The van der Waals surface area contributed by atoms with E-state index in [9.17, 15) is 10.1 Å². The average Bonchev–Trinajstić information content (AvgIpc) is 2.78. The Kier molecular flexibility index (Phi) is 2.84. The molecule has 0 fully saturated rings. The molecule has 0 aliphatic carbocycles. The van der Waals surface area contributed by atoms with Crippen LogP contribution in [0.3, 0.4) is 0 Å². The number of rotatable bonds is 3. The van der Waals surface area contributed by atoms with Gasteiger partial charge >= 0.3 is 0 Å². The molecule has 1 heterocycles. The predicted octanol–water partition coefficient (Wildman–Crippen LogP) is 1.84. The van der Waals surface area contributed by atoms with E-state index in [-0.39, 0.29) is 11.6 Å². The quantitative estimate of drug-likeness (QED) is 0.655. The Labute approximate surface area is 103 Å². The molecule has 0 unspecified atom stereocenters. The molecular formula is C11H12N4O3. The molecule has 1 aromatic heterocycles. The third-order valence-electron chi connectivity index (χ3n) is 2.31. The summed E-state index contributed by atoms with van der Waals surface area (Å²) in [6.07, 6.45) is 0. The lowest BCUT2D eigenvalue weighted by Crippen LogP contribution is -2.30. The topological polar surface area (TPSA) is 108 Å². The monoisotopic (exact) mass is 248 g/mol. The standard InChI is InChI=1S/C11H12N4O3/c1-11(2,12)10-13-9(18-14-10)7-4-3-5-8(6-7)15(16)17/h3-6H,12H2,1-2H3. The fraction of sp³-hybridized carbons (Fsp3) is 0.273. The van der Waals surface area contributed by atoms with Gasteiger partial charge in [0.25, 0.3) is 11.6 Å². The smallest absolute Gasteiger partial charge is 0.270 e. The summed E-state index contributed by atoms with van der Waals surface area (Å²) in [5.41, 5.74) is 5.58. The van der Waals surface area contributed by atoms with Crippen LogP contribution in [-0.4, -0.2) is 15.1 Å². The van der Waals surface area contributed by atoms with E-state index in [0.29, 0.717) is 11.4 Å². The molecule has 7 heteroatoms. The van der Waals surface area contributed by atoms with E-state index in [0.717, 1.165) is 0 Å². The molecule has 0 saturated heterocycles. The van der Waals surface area contributed by atoms with Gasteiger partial charge in [-0.3, -0.25) is 10.1 Å². The number of nitrogens with two attached hydrogens (primary N) is 1. The molecule has 0 atom stereocenters. The number of nitro benzene ring substituents is 1. The molecule has 94 valence electrons. The second kappa shape index (κ2) is 4.19. The Bertz CT molecular complexity index is 586. The Morgan fingerprint density at radius 3 is 2.72 bits per heavy atom. The van der Waals surface area contributed by atoms with Crippen LogP contribution in [0.5, 0.6) is 0 Å². The summed E-state index contributed by atoms with van der Waals surface area (Å²) in [5.74, 6) is 0.566. The minimum absolute atomic E-state index is 0.0285. The van der Waals surface area contributed by atoms with Gasteiger partial charge in [-0.25, -0.2) is 0 Å². The highest BCUT2D eigenvalue weighted by molar-refractivity contribution is 5.57. The molecule has 18 heavy (non-hydrogen) atoms. The average molecular weight is 248 g/mol. The van der Waals surface area contributed by atoms with Gasteiger partial charge in [-0.05, 0) is 19.9 Å². The molecule has 2 aromatic rings. The van der Waals surface area contributed by atoms with E-state index in [2.05, 4.69) is 10.1 Å². The van der Waals surface area contributed by atoms with Gasteiger partial charge in [0.1, 0.15) is 0 Å². The number of hydrogen-bond donors (Lipinski definition) is 1. The lowest BCUT2D eigenvalue weighted by Gasteiger charge is -2.11. The van der Waals surface area contributed by atoms with E-state index < -0.39 is 10.5 Å². The van der Waals surface area contributed by atoms with Crippen LogP contribution in [0.15, 0.2) is 28.8 Å². The molecule has 2 rings (SSSR count). The first-order valence-corrected chi connectivity index (χ1v) is 5.26. The zero-order valence-electron chi connectivity index (χ0n) is 9.95. The van der Waals surface area contributed by atoms with Crippen LogP contribution in [0.2, 0.25) is 0 Å². The molecule has 0 spiro atoms. The number of benzene rings is 1. The minimum Gasteiger partial charge on any atom is -0.334 e. The largest absolute Gasteiger partial charge is 0.334 e. The van der Waals surface area contributed by atoms with Crippen molar-refractivity contribution in [3.63, 3.8) is 0 Å². The summed E-state index contributed by atoms with van der Waals surface area (Å²) < 4.78 is 5.05. The van der Waals surface area contributed by atoms with Crippen molar-refractivity contribution in [2.45, 2.75) is 19.4 Å². The summed E-state index contributed by atoms with van der Waals surface area (Å²) in [5, 5.41) is 14.4. The molecular weight excluding hydrogens is 236 g/mol. The lowest BCUT2D eigenvalue weighted by atomic mass is 10.1. The van der Waals surface area contributed by atoms with Crippen LogP contribution >= 0.6 is 0 Å². The Balaban J connectivity index is 2.40. The maximum absolute atomic E-state index is 10.7. The van der Waals surface area contributed by atoms with E-state index >= 15 is 0 Å². The maximum Gasteiger partial charge on any atom is 0.270 e. The Morgan fingerprint density at radius 2 is 2.17 bits per heavy atom. The van der Waals surface area contributed by atoms with Crippen LogP contribution in [-0.2, 0) is 5.54 Å². The number of hydrogen-bond acceptors (Lipinski definition) is 6. The molecule has 0 aliphatic heterocycles. The number of nitro groups is 1. The summed E-state index contributed by atoms with van der Waals surface area (Å²) in [7, 11) is 0. The molecule has 1 aromatic carbocycles. The second-order valence-corrected chi connectivity index (χ2v) is 4.45. The van der Waals surface area contributed by atoms with Crippen LogP contribution in [0.25, 0.3) is 11.5 Å². The van der Waals surface area contributed by atoms with Crippen molar-refractivity contribution in [1.29, 1.82) is 0 Å². The van der Waals surface area contributed by atoms with Gasteiger partial charge in [-0.2, -0.15) is 4.98 Å². The summed E-state index contributed by atoms with van der Waals surface area (Å²) in [4.78, 5) is 14.3. The Morgan fingerprint density at radius 1 is 1.44 bits per heavy atom. The predicted molar refractivity (Wildman–Crippen MR) is 63.6 cm³/mol. The summed E-state index contributed by atoms with van der Waals surface area (Å²) >= 11 is 0. The molecule has 0 radical (unpaired) electrons.